The number of carbonyl (C=O) groups excluding carboxylic acids is 2. The molecule has 1 N–H and O–H groups in total. The average molecular weight is 650 g/mol. The smallest absolute Gasteiger partial charge is 0.264 e. The van der Waals surface area contributed by atoms with E-state index in [1.165, 1.54) is 17.0 Å². The highest BCUT2D eigenvalue weighted by atomic mass is 127. The normalized spacial score (nSPS) is 11.9. The highest BCUT2D eigenvalue weighted by molar-refractivity contribution is 14.1. The van der Waals surface area contributed by atoms with Crippen molar-refractivity contribution in [2.75, 3.05) is 24.5 Å². The van der Waals surface area contributed by atoms with Gasteiger partial charge in [0.1, 0.15) is 18.3 Å². The molecule has 0 radical (unpaired) electrons. The maximum Gasteiger partial charge on any atom is 0.264 e. The van der Waals surface area contributed by atoms with Gasteiger partial charge in [0, 0.05) is 16.7 Å². The van der Waals surface area contributed by atoms with E-state index in [0.717, 1.165) is 13.4 Å². The zero-order valence-corrected chi connectivity index (χ0v) is 24.6. The van der Waals surface area contributed by atoms with E-state index < -0.39 is 28.5 Å². The number of hydrogen-bond acceptors (Lipinski definition) is 5. The van der Waals surface area contributed by atoms with Crippen LogP contribution in [-0.4, -0.2) is 51.4 Å². The summed E-state index contributed by atoms with van der Waals surface area (Å²) in [5, 5.41) is 2.80. The second kappa shape index (κ2) is 13.6. The molecule has 0 saturated carbocycles. The van der Waals surface area contributed by atoms with E-state index >= 15 is 0 Å². The first-order valence-electron chi connectivity index (χ1n) is 12.2. The first kappa shape index (κ1) is 29.4. The summed E-state index contributed by atoms with van der Waals surface area (Å²) in [6.45, 7) is 3.68. The largest absolute Gasteiger partial charge is 0.497 e. The fourth-order valence-corrected chi connectivity index (χ4v) is 5.83. The molecule has 3 aromatic rings. The van der Waals surface area contributed by atoms with E-state index in [2.05, 4.69) is 27.9 Å². The minimum Gasteiger partial charge on any atom is -0.497 e. The number of amides is 2. The summed E-state index contributed by atoms with van der Waals surface area (Å²) >= 11 is 2.14. The van der Waals surface area contributed by atoms with Crippen molar-refractivity contribution in [3.05, 3.63) is 88.0 Å². The summed E-state index contributed by atoms with van der Waals surface area (Å²) < 4.78 is 34.9. The summed E-state index contributed by atoms with van der Waals surface area (Å²) in [6, 6.07) is 21.4. The standard InChI is InChI=1S/C28H32IN3O5S/c1-4-26(28(34)30-5-2)31(19-21-10-9-11-24(18-21)37-3)27(33)20-32(23-16-14-22(29)15-17-23)38(35,36)25-12-7-6-8-13-25/h6-18,26H,4-5,19-20H2,1-3H3,(H,30,34)/t26-/m1/s1. The van der Waals surface area contributed by atoms with Gasteiger partial charge in [0.25, 0.3) is 10.0 Å². The van der Waals surface area contributed by atoms with E-state index in [9.17, 15) is 18.0 Å². The lowest BCUT2D eigenvalue weighted by Crippen LogP contribution is -2.52. The number of ether oxygens (including phenoxy) is 1. The first-order valence-corrected chi connectivity index (χ1v) is 14.8. The fraction of sp³-hybridized carbons (Fsp3) is 0.286. The van der Waals surface area contributed by atoms with E-state index in [1.54, 1.807) is 61.7 Å². The van der Waals surface area contributed by atoms with Crippen molar-refractivity contribution in [1.82, 2.24) is 10.2 Å². The van der Waals surface area contributed by atoms with Crippen molar-refractivity contribution in [2.24, 2.45) is 0 Å². The van der Waals surface area contributed by atoms with Crippen LogP contribution in [0.2, 0.25) is 0 Å². The van der Waals surface area contributed by atoms with Gasteiger partial charge in [0.2, 0.25) is 11.8 Å². The molecule has 8 nitrogen and oxygen atoms in total. The lowest BCUT2D eigenvalue weighted by molar-refractivity contribution is -0.140. The molecule has 0 aliphatic rings. The number of nitrogens with zero attached hydrogens (tertiary/aromatic N) is 2. The van der Waals surface area contributed by atoms with Gasteiger partial charge in [-0.1, -0.05) is 37.3 Å². The highest BCUT2D eigenvalue weighted by Gasteiger charge is 2.33. The van der Waals surface area contributed by atoms with Crippen LogP contribution in [0.1, 0.15) is 25.8 Å². The number of anilines is 1. The molecule has 0 heterocycles. The number of benzene rings is 3. The maximum absolute atomic E-state index is 13.9. The molecule has 38 heavy (non-hydrogen) atoms. The third-order valence-corrected chi connectivity index (χ3v) is 8.46. The van der Waals surface area contributed by atoms with Crippen LogP contribution in [0.4, 0.5) is 5.69 Å². The van der Waals surface area contributed by atoms with Crippen LogP contribution in [0, 0.1) is 3.57 Å². The second-order valence-electron chi connectivity index (χ2n) is 8.49. The zero-order chi connectivity index (χ0) is 27.7. The second-order valence-corrected chi connectivity index (χ2v) is 11.6. The number of methoxy groups -OCH3 is 1. The van der Waals surface area contributed by atoms with Crippen molar-refractivity contribution in [3.8, 4) is 5.75 Å². The summed E-state index contributed by atoms with van der Waals surface area (Å²) in [6.07, 6.45) is 0.358. The number of carbonyl (C=O) groups is 2. The highest BCUT2D eigenvalue weighted by Crippen LogP contribution is 2.26. The van der Waals surface area contributed by atoms with Gasteiger partial charge >= 0.3 is 0 Å². The predicted molar refractivity (Wildman–Crippen MR) is 156 cm³/mol. The van der Waals surface area contributed by atoms with Crippen LogP contribution in [0.5, 0.6) is 5.75 Å². The van der Waals surface area contributed by atoms with Gasteiger partial charge in [0.15, 0.2) is 0 Å². The van der Waals surface area contributed by atoms with Gasteiger partial charge < -0.3 is 15.0 Å². The molecular formula is C28H32IN3O5S. The minimum atomic E-state index is -4.08. The van der Waals surface area contributed by atoms with E-state index in [1.807, 2.05) is 26.0 Å². The number of hydrogen-bond donors (Lipinski definition) is 1. The molecule has 3 rings (SSSR count). The number of halogens is 1. The van der Waals surface area contributed by atoms with Crippen molar-refractivity contribution in [1.29, 1.82) is 0 Å². The number of rotatable bonds is 12. The van der Waals surface area contributed by atoms with Gasteiger partial charge in [-0.25, -0.2) is 8.42 Å². The molecule has 1 atom stereocenters. The van der Waals surface area contributed by atoms with Crippen molar-refractivity contribution in [3.63, 3.8) is 0 Å². The first-order chi connectivity index (χ1) is 18.2. The van der Waals surface area contributed by atoms with Crippen LogP contribution >= 0.6 is 22.6 Å². The van der Waals surface area contributed by atoms with Crippen LogP contribution in [0.3, 0.4) is 0 Å². The Morgan fingerprint density at radius 3 is 2.26 bits per heavy atom. The van der Waals surface area contributed by atoms with Crippen molar-refractivity contribution < 1.29 is 22.7 Å². The van der Waals surface area contributed by atoms with Crippen LogP contribution in [0.25, 0.3) is 0 Å². The molecule has 3 aromatic carbocycles. The topological polar surface area (TPSA) is 96.0 Å². The lowest BCUT2D eigenvalue weighted by atomic mass is 10.1. The number of likely N-dealkylation sites (N-methyl/N-ethyl adjacent to an activating group) is 1. The Bertz CT molecular complexity index is 1330. The monoisotopic (exact) mass is 649 g/mol. The SMILES string of the molecule is CCNC(=O)[C@@H](CC)N(Cc1cccc(OC)c1)C(=O)CN(c1ccc(I)cc1)S(=O)(=O)c1ccccc1. The fourth-order valence-electron chi connectivity index (χ4n) is 4.03. The van der Waals surface area contributed by atoms with Gasteiger partial charge in [0.05, 0.1) is 17.7 Å². The Morgan fingerprint density at radius 2 is 1.66 bits per heavy atom. The molecule has 0 saturated heterocycles. The van der Waals surface area contributed by atoms with Gasteiger partial charge in [-0.15, -0.1) is 0 Å². The molecule has 0 unspecified atom stereocenters. The molecule has 0 aliphatic carbocycles. The summed E-state index contributed by atoms with van der Waals surface area (Å²) in [4.78, 5) is 28.4. The quantitative estimate of drug-likeness (QED) is 0.293. The van der Waals surface area contributed by atoms with Crippen molar-refractivity contribution >= 4 is 50.1 Å². The zero-order valence-electron chi connectivity index (χ0n) is 21.6. The third-order valence-electron chi connectivity index (χ3n) is 5.95. The molecule has 10 heteroatoms. The Hall–Kier alpha value is -3.12. The minimum absolute atomic E-state index is 0.0708. The Labute approximate surface area is 238 Å². The van der Waals surface area contributed by atoms with Crippen molar-refractivity contribution in [2.45, 2.75) is 37.8 Å². The van der Waals surface area contributed by atoms with Gasteiger partial charge in [-0.3, -0.25) is 13.9 Å². The molecule has 2 amide bonds. The van der Waals surface area contributed by atoms with E-state index in [-0.39, 0.29) is 17.3 Å². The van der Waals surface area contributed by atoms with E-state index in [0.29, 0.717) is 24.4 Å². The Balaban J connectivity index is 2.05. The van der Waals surface area contributed by atoms with Crippen LogP contribution in [-0.2, 0) is 26.2 Å². The summed E-state index contributed by atoms with van der Waals surface area (Å²) in [7, 11) is -2.52. The van der Waals surface area contributed by atoms with Gasteiger partial charge in [-0.2, -0.15) is 0 Å². The molecular weight excluding hydrogens is 617 g/mol. The number of sulfonamides is 1. The molecule has 202 valence electrons. The summed E-state index contributed by atoms with van der Waals surface area (Å²) in [5.41, 5.74) is 1.11. The molecule has 0 spiro atoms. The lowest BCUT2D eigenvalue weighted by Gasteiger charge is -2.33. The molecule has 0 fully saturated rings. The molecule has 0 aliphatic heterocycles. The van der Waals surface area contributed by atoms with Gasteiger partial charge in [-0.05, 0) is 90.0 Å². The third kappa shape index (κ3) is 7.25. The summed E-state index contributed by atoms with van der Waals surface area (Å²) in [5.74, 6) is -0.171. The molecule has 0 bridgehead atoms. The molecule has 0 aromatic heterocycles. The number of nitrogens with one attached hydrogen (secondary N) is 1. The Kier molecular flexibility index (Phi) is 10.5. The maximum atomic E-state index is 13.9. The van der Waals surface area contributed by atoms with E-state index in [4.69, 9.17) is 4.74 Å². The van der Waals surface area contributed by atoms with Crippen LogP contribution in [0.15, 0.2) is 83.8 Å². The average Bonchev–Trinajstić information content (AvgIpc) is 2.92. The predicted octanol–water partition coefficient (Wildman–Crippen LogP) is 4.44. The van der Waals surface area contributed by atoms with Crippen LogP contribution < -0.4 is 14.4 Å². The Morgan fingerprint density at radius 1 is 0.974 bits per heavy atom.